The van der Waals surface area contributed by atoms with Gasteiger partial charge in [-0.1, -0.05) is 47.7 Å². The van der Waals surface area contributed by atoms with Gasteiger partial charge in [0.05, 0.1) is 13.0 Å². The number of carbonyl (C=O) groups excluding carboxylic acids is 2. The van der Waals surface area contributed by atoms with E-state index in [9.17, 15) is 9.59 Å². The number of hydrogen-bond acceptors (Lipinski definition) is 3. The molecule has 110 valence electrons. The molecular weight excluding hydrogens is 258 g/mol. The summed E-state index contributed by atoms with van der Waals surface area (Å²) >= 11 is 0. The van der Waals surface area contributed by atoms with Crippen molar-refractivity contribution in [2.75, 3.05) is 7.11 Å². The van der Waals surface area contributed by atoms with Crippen molar-refractivity contribution in [3.05, 3.63) is 0 Å². The highest BCUT2D eigenvalue weighted by atomic mass is 28.3. The Kier molecular flexibility index (Phi) is 4.20. The summed E-state index contributed by atoms with van der Waals surface area (Å²) in [6, 6.07) is -0.390. The quantitative estimate of drug-likeness (QED) is 0.455. The number of methoxy groups -OCH3 is 1. The average Bonchev–Trinajstić information content (AvgIpc) is 2.21. The predicted molar refractivity (Wildman–Crippen MR) is 78.2 cm³/mol. The standard InChI is InChI=1S/C14H27NO3Si/c1-9(2)10-11(13(17)18-6)15(12(10)16)19(7,8)14(3,4)5/h9-11H,1-8H3/t10-,11-/m0/s1. The first kappa shape index (κ1) is 16.2. The van der Waals surface area contributed by atoms with Crippen LogP contribution in [-0.4, -0.2) is 37.8 Å². The summed E-state index contributed by atoms with van der Waals surface area (Å²) in [5.74, 6) is -0.209. The Balaban J connectivity index is 3.14. The van der Waals surface area contributed by atoms with E-state index in [2.05, 4.69) is 33.9 Å². The molecule has 0 aromatic heterocycles. The smallest absolute Gasteiger partial charge is 0.328 e. The summed E-state index contributed by atoms with van der Waals surface area (Å²) in [4.78, 5) is 24.5. The lowest BCUT2D eigenvalue weighted by Crippen LogP contribution is -2.75. The van der Waals surface area contributed by atoms with Crippen molar-refractivity contribution in [2.45, 2.75) is 58.8 Å². The van der Waals surface area contributed by atoms with E-state index in [0.717, 1.165) is 0 Å². The third kappa shape index (κ3) is 2.44. The molecule has 0 unspecified atom stereocenters. The van der Waals surface area contributed by atoms with Crippen molar-refractivity contribution >= 4 is 20.1 Å². The van der Waals surface area contributed by atoms with Gasteiger partial charge in [-0.05, 0) is 11.0 Å². The molecule has 0 N–H and O–H groups in total. The Hall–Kier alpha value is -0.843. The van der Waals surface area contributed by atoms with E-state index in [1.165, 1.54) is 7.11 Å². The minimum atomic E-state index is -2.03. The molecule has 1 rings (SSSR count). The maximum atomic E-state index is 12.5. The molecule has 0 spiro atoms. The van der Waals surface area contributed by atoms with Crippen LogP contribution in [0.4, 0.5) is 0 Å². The second-order valence-electron chi connectivity index (χ2n) is 7.26. The largest absolute Gasteiger partial charge is 0.467 e. The molecule has 0 aromatic rings. The van der Waals surface area contributed by atoms with Crippen LogP contribution in [0.3, 0.4) is 0 Å². The second-order valence-corrected chi connectivity index (χ2v) is 12.4. The molecule has 0 bridgehead atoms. The highest BCUT2D eigenvalue weighted by Crippen LogP contribution is 2.46. The topological polar surface area (TPSA) is 46.6 Å². The van der Waals surface area contributed by atoms with Crippen molar-refractivity contribution in [2.24, 2.45) is 11.8 Å². The van der Waals surface area contributed by atoms with Crippen molar-refractivity contribution in [1.29, 1.82) is 0 Å². The molecule has 0 radical (unpaired) electrons. The second kappa shape index (κ2) is 4.92. The Bertz CT molecular complexity index is 385. The van der Waals surface area contributed by atoms with Gasteiger partial charge in [0.15, 0.2) is 8.24 Å². The molecule has 1 amide bonds. The summed E-state index contributed by atoms with van der Waals surface area (Å²) < 4.78 is 6.76. The molecule has 1 aliphatic rings. The van der Waals surface area contributed by atoms with Crippen LogP contribution in [0.5, 0.6) is 0 Å². The number of carbonyl (C=O) groups is 2. The molecule has 4 nitrogen and oxygen atoms in total. The van der Waals surface area contributed by atoms with Crippen LogP contribution in [0, 0.1) is 11.8 Å². The molecule has 1 fully saturated rings. The number of amides is 1. The molecular formula is C14H27NO3Si. The molecule has 1 aliphatic heterocycles. The molecule has 2 atom stereocenters. The van der Waals surface area contributed by atoms with Gasteiger partial charge < -0.3 is 9.30 Å². The lowest BCUT2D eigenvalue weighted by Gasteiger charge is -2.58. The fraction of sp³-hybridized carbons (Fsp3) is 0.857. The van der Waals surface area contributed by atoms with Crippen molar-refractivity contribution < 1.29 is 14.3 Å². The van der Waals surface area contributed by atoms with Crippen LogP contribution in [0.25, 0.3) is 0 Å². The van der Waals surface area contributed by atoms with Crippen molar-refractivity contribution in [3.63, 3.8) is 0 Å². The number of β-lactam (4-membered cyclic amide) rings is 1. The van der Waals surface area contributed by atoms with Crippen LogP contribution in [0.15, 0.2) is 0 Å². The molecule has 1 heterocycles. The summed E-state index contributed by atoms with van der Waals surface area (Å²) in [6.07, 6.45) is 0. The first-order chi connectivity index (χ1) is 8.46. The average molecular weight is 285 g/mol. The summed E-state index contributed by atoms with van der Waals surface area (Å²) in [5, 5.41) is 0.0247. The number of esters is 1. The van der Waals surface area contributed by atoms with Crippen molar-refractivity contribution in [3.8, 4) is 0 Å². The third-order valence-electron chi connectivity index (χ3n) is 4.74. The van der Waals surface area contributed by atoms with Gasteiger partial charge in [0.1, 0.15) is 6.04 Å². The summed E-state index contributed by atoms with van der Waals surface area (Å²) in [5.41, 5.74) is 0. The van der Waals surface area contributed by atoms with E-state index in [1.54, 1.807) is 0 Å². The zero-order chi connectivity index (χ0) is 15.2. The van der Waals surface area contributed by atoms with E-state index < -0.39 is 14.3 Å². The lowest BCUT2D eigenvalue weighted by molar-refractivity contribution is -0.168. The number of hydrogen-bond donors (Lipinski definition) is 0. The van der Waals surface area contributed by atoms with E-state index >= 15 is 0 Å². The minimum absolute atomic E-state index is 0.0247. The van der Waals surface area contributed by atoms with Gasteiger partial charge in [-0.25, -0.2) is 4.79 Å². The van der Waals surface area contributed by atoms with Crippen molar-refractivity contribution in [1.82, 2.24) is 4.57 Å². The Morgan fingerprint density at radius 3 is 2.11 bits per heavy atom. The SMILES string of the molecule is COC(=O)[C@@H]1[C@H](C(C)C)C(=O)N1[Si](C)(C)C(C)(C)C. The number of nitrogens with zero attached hydrogens (tertiary/aromatic N) is 1. The lowest BCUT2D eigenvalue weighted by atomic mass is 9.81. The highest BCUT2D eigenvalue weighted by molar-refractivity contribution is 6.80. The first-order valence-corrected chi connectivity index (χ1v) is 9.82. The third-order valence-corrected chi connectivity index (χ3v) is 10.1. The van der Waals surface area contributed by atoms with Gasteiger partial charge in [-0.3, -0.25) is 4.79 Å². The van der Waals surface area contributed by atoms with E-state index in [0.29, 0.717) is 0 Å². The summed E-state index contributed by atoms with van der Waals surface area (Å²) in [6.45, 7) is 14.7. The van der Waals surface area contributed by atoms with Gasteiger partial charge >= 0.3 is 5.97 Å². The molecule has 0 saturated carbocycles. The molecule has 5 heteroatoms. The highest BCUT2D eigenvalue weighted by Gasteiger charge is 2.60. The fourth-order valence-electron chi connectivity index (χ4n) is 2.52. The molecule has 0 aliphatic carbocycles. The maximum Gasteiger partial charge on any atom is 0.328 e. The van der Waals surface area contributed by atoms with Crippen LogP contribution < -0.4 is 0 Å². The molecule has 0 aromatic carbocycles. The predicted octanol–water partition coefficient (Wildman–Crippen LogP) is 2.65. The maximum absolute atomic E-state index is 12.5. The molecule has 19 heavy (non-hydrogen) atoms. The van der Waals surface area contributed by atoms with Crippen LogP contribution in [0.1, 0.15) is 34.6 Å². The summed E-state index contributed by atoms with van der Waals surface area (Å²) in [7, 11) is -0.636. The number of rotatable bonds is 3. The monoisotopic (exact) mass is 285 g/mol. The zero-order valence-corrected chi connectivity index (χ0v) is 14.4. The fourth-order valence-corrected chi connectivity index (χ4v) is 4.90. The van der Waals surface area contributed by atoms with Gasteiger partial charge in [-0.15, -0.1) is 0 Å². The normalized spacial score (nSPS) is 24.5. The van der Waals surface area contributed by atoms with Gasteiger partial charge in [-0.2, -0.15) is 0 Å². The van der Waals surface area contributed by atoms with E-state index in [-0.39, 0.29) is 28.8 Å². The van der Waals surface area contributed by atoms with E-state index in [4.69, 9.17) is 4.74 Å². The first-order valence-electron chi connectivity index (χ1n) is 6.87. The van der Waals surface area contributed by atoms with Crippen LogP contribution in [0.2, 0.25) is 18.1 Å². The van der Waals surface area contributed by atoms with Crippen LogP contribution in [-0.2, 0) is 14.3 Å². The molecule has 1 saturated heterocycles. The van der Waals surface area contributed by atoms with Gasteiger partial charge in [0.2, 0.25) is 5.91 Å². The number of ether oxygens (including phenoxy) is 1. The minimum Gasteiger partial charge on any atom is -0.467 e. The van der Waals surface area contributed by atoms with E-state index in [1.807, 2.05) is 18.4 Å². The van der Waals surface area contributed by atoms with Gasteiger partial charge in [0, 0.05) is 0 Å². The van der Waals surface area contributed by atoms with Crippen LogP contribution >= 0.6 is 0 Å². The van der Waals surface area contributed by atoms with Gasteiger partial charge in [0.25, 0.3) is 0 Å². The Labute approximate surface area is 117 Å². The Morgan fingerprint density at radius 1 is 1.32 bits per heavy atom. The zero-order valence-electron chi connectivity index (χ0n) is 13.4. The Morgan fingerprint density at radius 2 is 1.79 bits per heavy atom.